The molecule has 172 valence electrons. The molecule has 0 saturated carbocycles. The Labute approximate surface area is 192 Å². The van der Waals surface area contributed by atoms with Crippen LogP contribution in [0.15, 0.2) is 61.2 Å². The van der Waals surface area contributed by atoms with Crippen LogP contribution in [-0.4, -0.2) is 55.1 Å². The molecule has 0 unspecified atom stereocenters. The number of piperidine rings is 1. The topological polar surface area (TPSA) is 97.0 Å². The molecular weight excluding hydrogens is 422 g/mol. The van der Waals surface area contributed by atoms with Gasteiger partial charge in [-0.3, -0.25) is 14.4 Å². The number of nitrogens with zero attached hydrogens (tertiary/aromatic N) is 1. The van der Waals surface area contributed by atoms with Crippen molar-refractivity contribution in [1.29, 1.82) is 0 Å². The van der Waals surface area contributed by atoms with Crippen molar-refractivity contribution in [3.8, 4) is 11.5 Å². The number of rotatable bonds is 7. The van der Waals surface area contributed by atoms with Gasteiger partial charge < -0.3 is 25.0 Å². The second-order valence-electron chi connectivity index (χ2n) is 8.05. The Bertz CT molecular complexity index is 1030. The first-order valence-corrected chi connectivity index (χ1v) is 11.0. The smallest absolute Gasteiger partial charge is 0.253 e. The van der Waals surface area contributed by atoms with Gasteiger partial charge in [0.15, 0.2) is 11.5 Å². The summed E-state index contributed by atoms with van der Waals surface area (Å²) in [4.78, 5) is 40.3. The van der Waals surface area contributed by atoms with Crippen LogP contribution in [0.1, 0.15) is 33.6 Å². The first-order valence-electron chi connectivity index (χ1n) is 11.0. The Morgan fingerprint density at radius 2 is 1.76 bits per heavy atom. The van der Waals surface area contributed by atoms with Gasteiger partial charge in [0.2, 0.25) is 12.7 Å². The number of ether oxygens (including phenoxy) is 2. The lowest BCUT2D eigenvalue weighted by Crippen LogP contribution is -2.53. The number of carbonyl (C=O) groups excluding carboxylic acids is 3. The summed E-state index contributed by atoms with van der Waals surface area (Å²) in [6, 6.07) is 13.3. The maximum Gasteiger partial charge on any atom is 0.253 e. The van der Waals surface area contributed by atoms with Gasteiger partial charge >= 0.3 is 0 Å². The summed E-state index contributed by atoms with van der Waals surface area (Å²) < 4.78 is 10.7. The molecule has 0 spiro atoms. The monoisotopic (exact) mass is 449 g/mol. The van der Waals surface area contributed by atoms with Crippen LogP contribution in [0.4, 0.5) is 0 Å². The molecule has 0 radical (unpaired) electrons. The molecule has 0 aromatic heterocycles. The molecule has 2 aromatic rings. The van der Waals surface area contributed by atoms with Crippen molar-refractivity contribution in [2.45, 2.75) is 18.9 Å². The van der Waals surface area contributed by atoms with Crippen molar-refractivity contribution in [2.24, 2.45) is 5.92 Å². The van der Waals surface area contributed by atoms with Gasteiger partial charge in [0.05, 0.1) is 0 Å². The van der Waals surface area contributed by atoms with Crippen molar-refractivity contribution in [1.82, 2.24) is 15.5 Å². The van der Waals surface area contributed by atoms with Gasteiger partial charge in [-0.1, -0.05) is 24.3 Å². The van der Waals surface area contributed by atoms with Crippen molar-refractivity contribution < 1.29 is 23.9 Å². The van der Waals surface area contributed by atoms with Crippen molar-refractivity contribution in [3.05, 3.63) is 72.3 Å². The Balaban J connectivity index is 1.41. The first kappa shape index (κ1) is 22.4. The number of hydrogen-bond acceptors (Lipinski definition) is 5. The molecule has 2 aliphatic rings. The van der Waals surface area contributed by atoms with E-state index in [1.54, 1.807) is 53.4 Å². The van der Waals surface area contributed by atoms with Crippen LogP contribution in [0.3, 0.4) is 0 Å². The summed E-state index contributed by atoms with van der Waals surface area (Å²) in [5, 5.41) is 5.69. The third-order valence-electron chi connectivity index (χ3n) is 5.94. The summed E-state index contributed by atoms with van der Waals surface area (Å²) in [7, 11) is 0. The number of benzene rings is 2. The zero-order chi connectivity index (χ0) is 23.2. The Kier molecular flexibility index (Phi) is 6.92. The molecule has 1 fully saturated rings. The number of fused-ring (bicyclic) bond motifs is 1. The predicted molar refractivity (Wildman–Crippen MR) is 122 cm³/mol. The van der Waals surface area contributed by atoms with Crippen LogP contribution < -0.4 is 20.1 Å². The first-order chi connectivity index (χ1) is 16.1. The molecule has 3 amide bonds. The van der Waals surface area contributed by atoms with Gasteiger partial charge in [0.25, 0.3) is 11.8 Å². The van der Waals surface area contributed by atoms with Crippen LogP contribution in [0.5, 0.6) is 11.5 Å². The van der Waals surface area contributed by atoms with Crippen LogP contribution in [0.2, 0.25) is 0 Å². The van der Waals surface area contributed by atoms with Crippen LogP contribution in [0, 0.1) is 5.92 Å². The van der Waals surface area contributed by atoms with Crippen LogP contribution >= 0.6 is 0 Å². The molecular formula is C25H27N3O5. The minimum absolute atomic E-state index is 0.0901. The average Bonchev–Trinajstić information content (AvgIpc) is 3.34. The van der Waals surface area contributed by atoms with Gasteiger partial charge in [-0.05, 0) is 49.1 Å². The highest BCUT2D eigenvalue weighted by atomic mass is 16.7. The molecule has 0 aliphatic carbocycles. The molecule has 8 heteroatoms. The Morgan fingerprint density at radius 3 is 2.48 bits per heavy atom. The Morgan fingerprint density at radius 1 is 1.03 bits per heavy atom. The summed E-state index contributed by atoms with van der Waals surface area (Å²) in [6.45, 7) is 5.08. The number of hydrogen-bond donors (Lipinski definition) is 2. The summed E-state index contributed by atoms with van der Waals surface area (Å²) in [6.07, 6.45) is 2.79. The van der Waals surface area contributed by atoms with Gasteiger partial charge in [-0.2, -0.15) is 0 Å². The SMILES string of the molecule is C=CCNC(=O)[C@H](NC(=O)c1ccccc1)C1CCN(C(=O)c2ccc3c(c2)OCO3)CC1. The normalized spacial score (nSPS) is 16.1. The van der Waals surface area contributed by atoms with Gasteiger partial charge in [-0.15, -0.1) is 6.58 Å². The van der Waals surface area contributed by atoms with Gasteiger partial charge in [-0.25, -0.2) is 0 Å². The maximum atomic E-state index is 13.0. The van der Waals surface area contributed by atoms with Crippen molar-refractivity contribution in [2.75, 3.05) is 26.4 Å². The number of amides is 3. The van der Waals surface area contributed by atoms with Crippen molar-refractivity contribution in [3.63, 3.8) is 0 Å². The lowest BCUT2D eigenvalue weighted by atomic mass is 9.88. The fourth-order valence-electron chi connectivity index (χ4n) is 4.14. The fourth-order valence-corrected chi connectivity index (χ4v) is 4.14. The van der Waals surface area contributed by atoms with Gasteiger partial charge in [0, 0.05) is 30.8 Å². The Hall–Kier alpha value is -3.81. The third-order valence-corrected chi connectivity index (χ3v) is 5.94. The van der Waals surface area contributed by atoms with E-state index in [2.05, 4.69) is 17.2 Å². The lowest BCUT2D eigenvalue weighted by Gasteiger charge is -2.35. The van der Waals surface area contributed by atoms with E-state index < -0.39 is 6.04 Å². The van der Waals surface area contributed by atoms with E-state index in [-0.39, 0.29) is 30.4 Å². The van der Waals surface area contributed by atoms with Crippen LogP contribution in [-0.2, 0) is 4.79 Å². The number of likely N-dealkylation sites (tertiary alicyclic amines) is 1. The molecule has 2 N–H and O–H groups in total. The lowest BCUT2D eigenvalue weighted by molar-refractivity contribution is -0.124. The van der Waals surface area contributed by atoms with E-state index in [0.717, 1.165) is 0 Å². The zero-order valence-electron chi connectivity index (χ0n) is 18.3. The largest absolute Gasteiger partial charge is 0.454 e. The standard InChI is InChI=1S/C25H27N3O5/c1-2-12-26-24(30)22(27-23(29)18-6-4-3-5-7-18)17-10-13-28(14-11-17)25(31)19-8-9-20-21(15-19)33-16-32-20/h2-9,15,17,22H,1,10-14,16H2,(H,26,30)(H,27,29)/t22-/m1/s1. The van der Waals surface area contributed by atoms with E-state index in [9.17, 15) is 14.4 Å². The van der Waals surface area contributed by atoms with E-state index >= 15 is 0 Å². The van der Waals surface area contributed by atoms with E-state index in [1.807, 2.05) is 6.07 Å². The second-order valence-corrected chi connectivity index (χ2v) is 8.05. The third kappa shape index (κ3) is 5.16. The van der Waals surface area contributed by atoms with E-state index in [1.165, 1.54) is 0 Å². The van der Waals surface area contributed by atoms with Crippen LogP contribution in [0.25, 0.3) is 0 Å². The molecule has 4 rings (SSSR count). The molecule has 2 aromatic carbocycles. The highest BCUT2D eigenvalue weighted by molar-refractivity contribution is 5.98. The minimum Gasteiger partial charge on any atom is -0.454 e. The van der Waals surface area contributed by atoms with Crippen molar-refractivity contribution >= 4 is 17.7 Å². The zero-order valence-corrected chi connectivity index (χ0v) is 18.3. The summed E-state index contributed by atoms with van der Waals surface area (Å²) >= 11 is 0. The minimum atomic E-state index is -0.694. The number of carbonyl (C=O) groups is 3. The highest BCUT2D eigenvalue weighted by Gasteiger charge is 2.34. The molecule has 33 heavy (non-hydrogen) atoms. The fraction of sp³-hybridized carbons (Fsp3) is 0.320. The molecule has 0 bridgehead atoms. The summed E-state index contributed by atoms with van der Waals surface area (Å²) in [5.41, 5.74) is 1.03. The molecule has 1 saturated heterocycles. The predicted octanol–water partition coefficient (Wildman–Crippen LogP) is 2.37. The maximum absolute atomic E-state index is 13.0. The van der Waals surface area contributed by atoms with E-state index in [4.69, 9.17) is 9.47 Å². The molecule has 1 atom stereocenters. The molecule has 8 nitrogen and oxygen atoms in total. The number of nitrogens with one attached hydrogen (secondary N) is 2. The average molecular weight is 450 g/mol. The highest BCUT2D eigenvalue weighted by Crippen LogP contribution is 2.33. The molecule has 2 heterocycles. The summed E-state index contributed by atoms with van der Waals surface area (Å²) in [5.74, 6) is 0.468. The second kappa shape index (κ2) is 10.2. The van der Waals surface area contributed by atoms with E-state index in [0.29, 0.717) is 55.1 Å². The quantitative estimate of drug-likeness (QED) is 0.633. The molecule has 2 aliphatic heterocycles. The van der Waals surface area contributed by atoms with Gasteiger partial charge in [0.1, 0.15) is 6.04 Å².